The van der Waals surface area contributed by atoms with Gasteiger partial charge in [0, 0.05) is 30.2 Å². The van der Waals surface area contributed by atoms with Crippen molar-refractivity contribution in [3.05, 3.63) is 23.8 Å². The second kappa shape index (κ2) is 4.49. The molecule has 2 aliphatic rings. The van der Waals surface area contributed by atoms with Gasteiger partial charge >= 0.3 is 0 Å². The van der Waals surface area contributed by atoms with Crippen LogP contribution in [0.1, 0.15) is 10.4 Å². The molecule has 0 N–H and O–H groups in total. The van der Waals surface area contributed by atoms with E-state index in [0.717, 1.165) is 30.3 Å². The molecule has 17 heavy (non-hydrogen) atoms. The summed E-state index contributed by atoms with van der Waals surface area (Å²) in [5.74, 6) is 3.52. The maximum Gasteiger partial charge on any atom is 0.254 e. The fourth-order valence-electron chi connectivity index (χ4n) is 1.98. The van der Waals surface area contributed by atoms with Gasteiger partial charge in [0.1, 0.15) is 0 Å². The molecular weight excluding hydrogens is 238 g/mol. The molecule has 1 amide bonds. The Morgan fingerprint density at radius 2 is 1.94 bits per heavy atom. The summed E-state index contributed by atoms with van der Waals surface area (Å²) < 4.78 is 10.5. The number of carbonyl (C=O) groups is 1. The SMILES string of the molecule is O=C(c1ccc2c(c1)OCO2)N1CCSCC1. The number of thioether (sulfide) groups is 1. The van der Waals surface area contributed by atoms with E-state index in [4.69, 9.17) is 9.47 Å². The van der Waals surface area contributed by atoms with Crippen molar-refractivity contribution in [2.24, 2.45) is 0 Å². The summed E-state index contributed by atoms with van der Waals surface area (Å²) in [6.45, 7) is 1.91. The average Bonchev–Trinajstić information content (AvgIpc) is 2.86. The molecule has 4 nitrogen and oxygen atoms in total. The van der Waals surface area contributed by atoms with E-state index in [-0.39, 0.29) is 12.7 Å². The van der Waals surface area contributed by atoms with Crippen LogP contribution in [0.3, 0.4) is 0 Å². The number of hydrogen-bond acceptors (Lipinski definition) is 4. The van der Waals surface area contributed by atoms with Gasteiger partial charge in [-0.25, -0.2) is 0 Å². The van der Waals surface area contributed by atoms with E-state index in [1.54, 1.807) is 18.2 Å². The molecule has 0 atom stereocenters. The normalized spacial score (nSPS) is 18.2. The van der Waals surface area contributed by atoms with E-state index in [1.165, 1.54) is 0 Å². The predicted octanol–water partition coefficient (Wildman–Crippen LogP) is 1.60. The minimum atomic E-state index is 0.0867. The predicted molar refractivity (Wildman–Crippen MR) is 65.8 cm³/mol. The van der Waals surface area contributed by atoms with E-state index in [0.29, 0.717) is 11.3 Å². The monoisotopic (exact) mass is 251 g/mol. The van der Waals surface area contributed by atoms with Crippen LogP contribution < -0.4 is 9.47 Å². The molecule has 0 radical (unpaired) electrons. The lowest BCUT2D eigenvalue weighted by Gasteiger charge is -2.26. The minimum Gasteiger partial charge on any atom is -0.454 e. The number of nitrogens with zero attached hydrogens (tertiary/aromatic N) is 1. The first-order valence-electron chi connectivity index (χ1n) is 5.61. The van der Waals surface area contributed by atoms with Gasteiger partial charge in [-0.05, 0) is 18.2 Å². The van der Waals surface area contributed by atoms with Crippen LogP contribution in [0.4, 0.5) is 0 Å². The van der Waals surface area contributed by atoms with E-state index in [9.17, 15) is 4.79 Å². The topological polar surface area (TPSA) is 38.8 Å². The van der Waals surface area contributed by atoms with Crippen molar-refractivity contribution in [1.82, 2.24) is 4.90 Å². The average molecular weight is 251 g/mol. The van der Waals surface area contributed by atoms with Gasteiger partial charge in [-0.1, -0.05) is 0 Å². The van der Waals surface area contributed by atoms with Crippen molar-refractivity contribution in [2.45, 2.75) is 0 Å². The Bertz CT molecular complexity index is 443. The smallest absolute Gasteiger partial charge is 0.254 e. The van der Waals surface area contributed by atoms with Crippen molar-refractivity contribution in [3.8, 4) is 11.5 Å². The molecule has 0 aromatic heterocycles. The van der Waals surface area contributed by atoms with Crippen LogP contribution in [0.15, 0.2) is 18.2 Å². The molecule has 0 saturated carbocycles. The summed E-state index contributed by atoms with van der Waals surface area (Å²) in [6.07, 6.45) is 0. The lowest BCUT2D eigenvalue weighted by atomic mass is 10.1. The van der Waals surface area contributed by atoms with Crippen molar-refractivity contribution < 1.29 is 14.3 Å². The molecule has 1 aromatic carbocycles. The van der Waals surface area contributed by atoms with Gasteiger partial charge in [-0.15, -0.1) is 0 Å². The lowest BCUT2D eigenvalue weighted by Crippen LogP contribution is -2.37. The van der Waals surface area contributed by atoms with Crippen LogP contribution in [-0.2, 0) is 0 Å². The zero-order valence-corrected chi connectivity index (χ0v) is 10.2. The number of hydrogen-bond donors (Lipinski definition) is 0. The summed E-state index contributed by atoms with van der Waals surface area (Å²) in [5, 5.41) is 0. The third-order valence-electron chi connectivity index (χ3n) is 2.92. The zero-order chi connectivity index (χ0) is 11.7. The summed E-state index contributed by atoms with van der Waals surface area (Å²) in [6, 6.07) is 5.37. The summed E-state index contributed by atoms with van der Waals surface area (Å²) in [7, 11) is 0. The standard InChI is InChI=1S/C12H13NO3S/c14-12(13-3-5-17-6-4-13)9-1-2-10-11(7-9)16-8-15-10/h1-2,7H,3-6,8H2. The van der Waals surface area contributed by atoms with Crippen LogP contribution in [0, 0.1) is 0 Å². The number of carbonyl (C=O) groups excluding carboxylic acids is 1. The molecule has 2 heterocycles. The van der Waals surface area contributed by atoms with E-state index in [1.807, 2.05) is 16.7 Å². The second-order valence-corrected chi connectivity index (χ2v) is 5.20. The van der Waals surface area contributed by atoms with Gasteiger partial charge in [0.15, 0.2) is 11.5 Å². The molecule has 0 bridgehead atoms. The zero-order valence-electron chi connectivity index (χ0n) is 9.35. The fraction of sp³-hybridized carbons (Fsp3) is 0.417. The Labute approximate surface area is 104 Å². The fourth-order valence-corrected chi connectivity index (χ4v) is 2.88. The highest BCUT2D eigenvalue weighted by Gasteiger charge is 2.21. The molecule has 0 spiro atoms. The highest BCUT2D eigenvalue weighted by molar-refractivity contribution is 7.99. The minimum absolute atomic E-state index is 0.0867. The van der Waals surface area contributed by atoms with Crippen LogP contribution in [0.25, 0.3) is 0 Å². The van der Waals surface area contributed by atoms with Gasteiger partial charge in [-0.3, -0.25) is 4.79 Å². The molecule has 5 heteroatoms. The molecule has 1 aromatic rings. The molecule has 2 aliphatic heterocycles. The first-order valence-corrected chi connectivity index (χ1v) is 6.77. The van der Waals surface area contributed by atoms with Crippen molar-refractivity contribution in [1.29, 1.82) is 0 Å². The first kappa shape index (κ1) is 10.8. The lowest BCUT2D eigenvalue weighted by molar-refractivity contribution is 0.0772. The Hall–Kier alpha value is -1.36. The maximum absolute atomic E-state index is 12.2. The number of ether oxygens (including phenoxy) is 2. The van der Waals surface area contributed by atoms with Crippen molar-refractivity contribution in [3.63, 3.8) is 0 Å². The number of benzene rings is 1. The summed E-state index contributed by atoms with van der Waals surface area (Å²) >= 11 is 1.89. The molecule has 0 unspecified atom stereocenters. The van der Waals surface area contributed by atoms with Crippen LogP contribution in [0.2, 0.25) is 0 Å². The highest BCUT2D eigenvalue weighted by Crippen LogP contribution is 2.32. The van der Waals surface area contributed by atoms with Gasteiger partial charge in [-0.2, -0.15) is 11.8 Å². The summed E-state index contributed by atoms with van der Waals surface area (Å²) in [5.41, 5.74) is 0.682. The Morgan fingerprint density at radius 3 is 2.76 bits per heavy atom. The van der Waals surface area contributed by atoms with Crippen molar-refractivity contribution >= 4 is 17.7 Å². The third kappa shape index (κ3) is 2.07. The van der Waals surface area contributed by atoms with Gasteiger partial charge in [0.25, 0.3) is 5.91 Å². The molecule has 1 saturated heterocycles. The first-order chi connectivity index (χ1) is 8.34. The van der Waals surface area contributed by atoms with Crippen LogP contribution in [-0.4, -0.2) is 42.2 Å². The third-order valence-corrected chi connectivity index (χ3v) is 3.86. The number of amides is 1. The largest absolute Gasteiger partial charge is 0.454 e. The molecular formula is C12H13NO3S. The van der Waals surface area contributed by atoms with E-state index < -0.39 is 0 Å². The number of rotatable bonds is 1. The quantitative estimate of drug-likeness (QED) is 0.760. The second-order valence-electron chi connectivity index (χ2n) is 3.97. The molecule has 0 aliphatic carbocycles. The van der Waals surface area contributed by atoms with E-state index >= 15 is 0 Å². The van der Waals surface area contributed by atoms with Gasteiger partial charge in [0.2, 0.25) is 6.79 Å². The van der Waals surface area contributed by atoms with Gasteiger partial charge in [0.05, 0.1) is 0 Å². The molecule has 1 fully saturated rings. The van der Waals surface area contributed by atoms with E-state index in [2.05, 4.69) is 0 Å². The number of fused-ring (bicyclic) bond motifs is 1. The molecule has 3 rings (SSSR count). The Morgan fingerprint density at radius 1 is 1.18 bits per heavy atom. The maximum atomic E-state index is 12.2. The highest BCUT2D eigenvalue weighted by atomic mass is 32.2. The Kier molecular flexibility index (Phi) is 2.84. The van der Waals surface area contributed by atoms with Crippen LogP contribution in [0.5, 0.6) is 11.5 Å². The van der Waals surface area contributed by atoms with Gasteiger partial charge < -0.3 is 14.4 Å². The summed E-state index contributed by atoms with van der Waals surface area (Å²) in [4.78, 5) is 14.1. The molecule has 90 valence electrons. The van der Waals surface area contributed by atoms with Crippen LogP contribution >= 0.6 is 11.8 Å². The van der Waals surface area contributed by atoms with Crippen molar-refractivity contribution in [2.75, 3.05) is 31.4 Å². The Balaban J connectivity index is 1.81.